The van der Waals surface area contributed by atoms with E-state index in [1.807, 2.05) is 0 Å². The Labute approximate surface area is 83.2 Å². The molecule has 0 radical (unpaired) electrons. The number of halogens is 3. The predicted octanol–water partition coefficient (Wildman–Crippen LogP) is 1.77. The average molecular weight is 216 g/mol. The quantitative estimate of drug-likeness (QED) is 0.777. The highest BCUT2D eigenvalue weighted by molar-refractivity contribution is 5.31. The van der Waals surface area contributed by atoms with Gasteiger partial charge in [0.2, 0.25) is 0 Å². The molecule has 3 nitrogen and oxygen atoms in total. The maximum absolute atomic E-state index is 12.5. The molecule has 1 rings (SSSR count). The number of nitriles is 1. The summed E-state index contributed by atoms with van der Waals surface area (Å²) in [5.41, 5.74) is -2.31. The highest BCUT2D eigenvalue weighted by Gasteiger charge is 2.34. The van der Waals surface area contributed by atoms with E-state index in [0.717, 1.165) is 6.07 Å². The average Bonchev–Trinajstić information content (AvgIpc) is 2.07. The van der Waals surface area contributed by atoms with Gasteiger partial charge in [0.1, 0.15) is 0 Å². The molecule has 0 aliphatic heterocycles. The second-order valence-corrected chi connectivity index (χ2v) is 3.01. The fourth-order valence-electron chi connectivity index (χ4n) is 1.22. The summed E-state index contributed by atoms with van der Waals surface area (Å²) in [6.45, 7) is 1.35. The number of hydrogen-bond donors (Lipinski definition) is 1. The van der Waals surface area contributed by atoms with Crippen LogP contribution in [0.2, 0.25) is 0 Å². The fraction of sp³-hybridized carbons (Fsp3) is 0.333. The zero-order valence-electron chi connectivity index (χ0n) is 7.77. The lowest BCUT2D eigenvalue weighted by Crippen LogP contribution is -2.21. The third-order valence-corrected chi connectivity index (χ3v) is 1.83. The lowest BCUT2D eigenvalue weighted by atomic mass is 10.1. The topological polar surface area (TPSA) is 56.6 Å². The third kappa shape index (κ3) is 2.37. The van der Waals surface area contributed by atoms with Crippen molar-refractivity contribution in [3.05, 3.63) is 33.2 Å². The van der Waals surface area contributed by atoms with Gasteiger partial charge in [-0.3, -0.25) is 4.79 Å². The van der Waals surface area contributed by atoms with Crippen LogP contribution in [0.4, 0.5) is 13.2 Å². The van der Waals surface area contributed by atoms with Crippen LogP contribution in [0.1, 0.15) is 16.8 Å². The van der Waals surface area contributed by atoms with E-state index in [1.165, 1.54) is 13.0 Å². The minimum absolute atomic E-state index is 0.119. The first kappa shape index (κ1) is 11.3. The van der Waals surface area contributed by atoms with Crippen LogP contribution < -0.4 is 5.56 Å². The smallest absolute Gasteiger partial charge is 0.326 e. The molecule has 0 aliphatic rings. The zero-order valence-corrected chi connectivity index (χ0v) is 7.77. The van der Waals surface area contributed by atoms with Crippen molar-refractivity contribution in [2.24, 2.45) is 0 Å². The van der Waals surface area contributed by atoms with Crippen LogP contribution in [-0.4, -0.2) is 4.98 Å². The molecule has 0 atom stereocenters. The van der Waals surface area contributed by atoms with E-state index in [1.54, 1.807) is 0 Å². The number of rotatable bonds is 1. The molecule has 1 N–H and O–H groups in total. The van der Waals surface area contributed by atoms with Gasteiger partial charge in [-0.1, -0.05) is 0 Å². The van der Waals surface area contributed by atoms with E-state index >= 15 is 0 Å². The summed E-state index contributed by atoms with van der Waals surface area (Å²) in [5.74, 6) is 0. The van der Waals surface area contributed by atoms with Gasteiger partial charge < -0.3 is 4.98 Å². The molecule has 0 aromatic carbocycles. The Balaban J connectivity index is 3.49. The Morgan fingerprint density at radius 2 is 2.13 bits per heavy atom. The van der Waals surface area contributed by atoms with Crippen LogP contribution in [0.5, 0.6) is 0 Å². The normalized spacial score (nSPS) is 11.1. The van der Waals surface area contributed by atoms with Gasteiger partial charge in [0.25, 0.3) is 5.56 Å². The Morgan fingerprint density at radius 1 is 1.53 bits per heavy atom. The molecular formula is C9H7F3N2O. The highest BCUT2D eigenvalue weighted by atomic mass is 19.4. The Hall–Kier alpha value is -1.77. The third-order valence-electron chi connectivity index (χ3n) is 1.83. The highest BCUT2D eigenvalue weighted by Crippen LogP contribution is 2.30. The maximum atomic E-state index is 12.5. The van der Waals surface area contributed by atoms with E-state index in [9.17, 15) is 18.0 Å². The van der Waals surface area contributed by atoms with Gasteiger partial charge in [-0.05, 0) is 13.0 Å². The Bertz CT molecular complexity index is 468. The molecule has 0 saturated carbocycles. The summed E-state index contributed by atoms with van der Waals surface area (Å²) in [4.78, 5) is 13.4. The van der Waals surface area contributed by atoms with E-state index < -0.39 is 29.3 Å². The monoisotopic (exact) mass is 216 g/mol. The van der Waals surface area contributed by atoms with Crippen molar-refractivity contribution in [1.82, 2.24) is 4.98 Å². The van der Waals surface area contributed by atoms with Crippen molar-refractivity contribution in [2.45, 2.75) is 19.5 Å². The van der Waals surface area contributed by atoms with Crippen LogP contribution >= 0.6 is 0 Å². The molecule has 80 valence electrons. The van der Waals surface area contributed by atoms with Crippen molar-refractivity contribution in [3.8, 4) is 6.07 Å². The molecule has 0 unspecified atom stereocenters. The van der Waals surface area contributed by atoms with Gasteiger partial charge in [0, 0.05) is 11.3 Å². The van der Waals surface area contributed by atoms with Crippen LogP contribution in [0.15, 0.2) is 10.9 Å². The Morgan fingerprint density at radius 3 is 2.60 bits per heavy atom. The summed E-state index contributed by atoms with van der Waals surface area (Å²) in [6, 6.07) is 2.36. The molecule has 0 aliphatic carbocycles. The van der Waals surface area contributed by atoms with E-state index in [-0.39, 0.29) is 5.69 Å². The first-order chi connectivity index (χ1) is 6.86. The number of H-pyrrole nitrogens is 1. The lowest BCUT2D eigenvalue weighted by molar-refractivity contribution is -0.138. The number of aromatic amines is 1. The van der Waals surface area contributed by atoms with Crippen LogP contribution in [-0.2, 0) is 12.6 Å². The number of hydrogen-bond acceptors (Lipinski definition) is 2. The number of aryl methyl sites for hydroxylation is 1. The van der Waals surface area contributed by atoms with Gasteiger partial charge in [0.05, 0.1) is 18.1 Å². The Kier molecular flexibility index (Phi) is 2.84. The summed E-state index contributed by atoms with van der Waals surface area (Å²) in [6.07, 6.45) is -5.16. The molecule has 1 heterocycles. The summed E-state index contributed by atoms with van der Waals surface area (Å²) in [7, 11) is 0. The molecule has 15 heavy (non-hydrogen) atoms. The van der Waals surface area contributed by atoms with Crippen LogP contribution in [0.25, 0.3) is 0 Å². The van der Waals surface area contributed by atoms with E-state index in [4.69, 9.17) is 5.26 Å². The zero-order chi connectivity index (χ0) is 11.6. The van der Waals surface area contributed by atoms with Gasteiger partial charge in [-0.25, -0.2) is 0 Å². The second kappa shape index (κ2) is 3.77. The number of aromatic nitrogens is 1. The van der Waals surface area contributed by atoms with Crippen molar-refractivity contribution in [3.63, 3.8) is 0 Å². The number of nitrogens with zero attached hydrogens (tertiary/aromatic N) is 1. The van der Waals surface area contributed by atoms with E-state index in [0.29, 0.717) is 0 Å². The molecule has 0 amide bonds. The second-order valence-electron chi connectivity index (χ2n) is 3.01. The van der Waals surface area contributed by atoms with Gasteiger partial charge in [-0.15, -0.1) is 0 Å². The summed E-state index contributed by atoms with van der Waals surface area (Å²) >= 11 is 0. The van der Waals surface area contributed by atoms with Crippen molar-refractivity contribution in [2.75, 3.05) is 0 Å². The molecule has 1 aromatic rings. The summed E-state index contributed by atoms with van der Waals surface area (Å²) < 4.78 is 37.4. The number of nitrogens with one attached hydrogen (secondary N) is 1. The van der Waals surface area contributed by atoms with Crippen LogP contribution in [0, 0.1) is 18.3 Å². The number of alkyl halides is 3. The predicted molar refractivity (Wildman–Crippen MR) is 46.1 cm³/mol. The standard InChI is InChI=1S/C9H7F3N2O/c1-5-4-7(9(10,11)12)6(2-3-13)8(15)14-5/h4H,2H2,1H3,(H,14,15). The molecule has 0 fully saturated rings. The molecular weight excluding hydrogens is 209 g/mol. The summed E-state index contributed by atoms with van der Waals surface area (Å²) in [5, 5.41) is 8.33. The lowest BCUT2D eigenvalue weighted by Gasteiger charge is -2.10. The van der Waals surface area contributed by atoms with Crippen molar-refractivity contribution >= 4 is 0 Å². The minimum atomic E-state index is -4.61. The first-order valence-electron chi connectivity index (χ1n) is 4.03. The van der Waals surface area contributed by atoms with Crippen molar-refractivity contribution < 1.29 is 13.2 Å². The fourth-order valence-corrected chi connectivity index (χ4v) is 1.22. The largest absolute Gasteiger partial charge is 0.416 e. The minimum Gasteiger partial charge on any atom is -0.326 e. The number of pyridine rings is 1. The SMILES string of the molecule is Cc1cc(C(F)(F)F)c(CC#N)c(=O)[nH]1. The van der Waals surface area contributed by atoms with Gasteiger partial charge in [-0.2, -0.15) is 18.4 Å². The molecule has 1 aromatic heterocycles. The van der Waals surface area contributed by atoms with Gasteiger partial charge >= 0.3 is 6.18 Å². The molecule has 0 bridgehead atoms. The van der Waals surface area contributed by atoms with Crippen molar-refractivity contribution in [1.29, 1.82) is 5.26 Å². The van der Waals surface area contributed by atoms with Gasteiger partial charge in [0.15, 0.2) is 0 Å². The molecule has 6 heteroatoms. The molecule has 0 spiro atoms. The van der Waals surface area contributed by atoms with E-state index in [2.05, 4.69) is 4.98 Å². The first-order valence-corrected chi connectivity index (χ1v) is 4.03. The maximum Gasteiger partial charge on any atom is 0.416 e. The molecule has 0 saturated heterocycles. The van der Waals surface area contributed by atoms with Crippen LogP contribution in [0.3, 0.4) is 0 Å².